The van der Waals surface area contributed by atoms with Gasteiger partial charge in [-0.3, -0.25) is 13.7 Å². The van der Waals surface area contributed by atoms with E-state index in [1.54, 1.807) is 62.1 Å². The Labute approximate surface area is 269 Å². The van der Waals surface area contributed by atoms with Crippen LogP contribution in [0.15, 0.2) is 87.5 Å². The summed E-state index contributed by atoms with van der Waals surface area (Å²) in [7, 11) is -12.1. The molecule has 2 saturated carbocycles. The molecule has 5 rings (SSSR count). The van der Waals surface area contributed by atoms with E-state index in [9.17, 15) is 25.3 Å². The predicted octanol–water partition coefficient (Wildman–Crippen LogP) is 7.87. The Hall–Kier alpha value is -2.61. The highest BCUT2D eigenvalue weighted by Gasteiger charge is 2.24. The molecule has 2 aliphatic carbocycles. The highest BCUT2D eigenvalue weighted by Crippen LogP contribution is 2.37. The van der Waals surface area contributed by atoms with Gasteiger partial charge in [0, 0.05) is 0 Å². The molecule has 0 amide bonds. The molecule has 2 aliphatic rings. The molecule has 0 unspecified atom stereocenters. The van der Waals surface area contributed by atoms with Crippen molar-refractivity contribution in [1.82, 2.24) is 0 Å². The number of hydrogen-bond acceptors (Lipinski definition) is 6. The fourth-order valence-corrected chi connectivity index (χ4v) is 6.78. The Morgan fingerprint density at radius 2 is 0.600 bits per heavy atom. The first kappa shape index (κ1) is 38.6. The summed E-state index contributed by atoms with van der Waals surface area (Å²) in [5.41, 5.74) is 2.87. The van der Waals surface area contributed by atoms with Gasteiger partial charge in [0.15, 0.2) is 0 Å². The molecular formula is C33H46O9S3. The van der Waals surface area contributed by atoms with Gasteiger partial charge in [0.05, 0.1) is 14.7 Å². The zero-order valence-corrected chi connectivity index (χ0v) is 28.6. The van der Waals surface area contributed by atoms with Crippen LogP contribution in [-0.4, -0.2) is 38.9 Å². The van der Waals surface area contributed by atoms with E-state index < -0.39 is 30.4 Å². The second-order valence-electron chi connectivity index (χ2n) is 11.7. The first-order chi connectivity index (χ1) is 21.0. The SMILES string of the molecule is C1CCC(C2CCCCC2)CC1.Cc1ccc(S(=O)(=O)O)cc1.Cc1ccc(S(=O)(=O)O)cc1.Cc1ccc(S(=O)(=O)O)cc1. The fraction of sp³-hybridized carbons (Fsp3) is 0.455. The quantitative estimate of drug-likeness (QED) is 0.232. The molecule has 0 radical (unpaired) electrons. The summed E-state index contributed by atoms with van der Waals surface area (Å²) in [4.78, 5) is -0.200. The average Bonchev–Trinajstić information content (AvgIpc) is 2.98. The lowest BCUT2D eigenvalue weighted by atomic mass is 9.73. The zero-order chi connectivity index (χ0) is 33.7. The standard InChI is InChI=1S/C12H22.3C7H8O3S/c1-3-7-11(8-4-1)12-9-5-2-6-10-12;3*1-6-2-4-7(5-3-6)11(8,9)10/h11-12H,1-10H2;3*2-5H,1H3,(H,8,9,10). The van der Waals surface area contributed by atoms with Gasteiger partial charge in [0.2, 0.25) is 0 Å². The van der Waals surface area contributed by atoms with Crippen molar-refractivity contribution in [1.29, 1.82) is 0 Å². The van der Waals surface area contributed by atoms with Gasteiger partial charge >= 0.3 is 0 Å². The van der Waals surface area contributed by atoms with Crippen molar-refractivity contribution >= 4 is 30.4 Å². The highest BCUT2D eigenvalue weighted by molar-refractivity contribution is 7.86. The number of aryl methyl sites for hydroxylation is 3. The lowest BCUT2D eigenvalue weighted by molar-refractivity contribution is 0.196. The average molecular weight is 683 g/mol. The molecule has 9 nitrogen and oxygen atoms in total. The van der Waals surface area contributed by atoms with Crippen molar-refractivity contribution in [3.63, 3.8) is 0 Å². The van der Waals surface area contributed by atoms with E-state index in [-0.39, 0.29) is 14.7 Å². The van der Waals surface area contributed by atoms with E-state index in [0.29, 0.717) is 0 Å². The van der Waals surface area contributed by atoms with Crippen LogP contribution in [0, 0.1) is 32.6 Å². The van der Waals surface area contributed by atoms with Gasteiger partial charge in [-0.25, -0.2) is 0 Å². The van der Waals surface area contributed by atoms with Gasteiger partial charge < -0.3 is 0 Å². The predicted molar refractivity (Wildman–Crippen MR) is 176 cm³/mol. The maximum absolute atomic E-state index is 10.5. The molecule has 2 fully saturated rings. The van der Waals surface area contributed by atoms with Crippen LogP contribution < -0.4 is 0 Å². The number of hydrogen-bond donors (Lipinski definition) is 3. The molecule has 0 spiro atoms. The first-order valence-electron chi connectivity index (χ1n) is 15.1. The molecule has 12 heteroatoms. The van der Waals surface area contributed by atoms with Gasteiger partial charge in [-0.05, 0) is 69.0 Å². The first-order valence-corrected chi connectivity index (χ1v) is 19.4. The van der Waals surface area contributed by atoms with Crippen LogP contribution in [-0.2, 0) is 30.4 Å². The van der Waals surface area contributed by atoms with Gasteiger partial charge in [0.25, 0.3) is 30.4 Å². The fourth-order valence-electron chi connectivity index (χ4n) is 5.34. The molecular weight excluding hydrogens is 637 g/mol. The molecule has 0 heterocycles. The van der Waals surface area contributed by atoms with Crippen LogP contribution >= 0.6 is 0 Å². The molecule has 3 aromatic rings. The summed E-state index contributed by atoms with van der Waals surface area (Å²) >= 11 is 0. The van der Waals surface area contributed by atoms with Gasteiger partial charge in [0.1, 0.15) is 0 Å². The van der Waals surface area contributed by atoms with E-state index in [4.69, 9.17) is 13.7 Å². The molecule has 0 atom stereocenters. The van der Waals surface area contributed by atoms with Gasteiger partial charge in [-0.15, -0.1) is 0 Å². The second kappa shape index (κ2) is 17.9. The van der Waals surface area contributed by atoms with Crippen molar-refractivity contribution in [2.24, 2.45) is 11.8 Å². The van der Waals surface area contributed by atoms with Gasteiger partial charge in [-0.2, -0.15) is 25.3 Å². The molecule has 0 bridgehead atoms. The van der Waals surface area contributed by atoms with E-state index in [1.807, 2.05) is 20.8 Å². The van der Waals surface area contributed by atoms with Crippen molar-refractivity contribution in [3.05, 3.63) is 89.5 Å². The summed E-state index contributed by atoms with van der Waals surface area (Å²) in [6.07, 6.45) is 15.4. The monoisotopic (exact) mass is 682 g/mol. The lowest BCUT2D eigenvalue weighted by Crippen LogP contribution is -2.20. The summed E-state index contributed by atoms with van der Waals surface area (Å²) in [5, 5.41) is 0. The van der Waals surface area contributed by atoms with Crippen LogP contribution in [0.4, 0.5) is 0 Å². The Balaban J connectivity index is 0.000000209. The van der Waals surface area contributed by atoms with Crippen LogP contribution in [0.2, 0.25) is 0 Å². The normalized spacial score (nSPS) is 16.1. The third-order valence-corrected chi connectivity index (χ3v) is 10.5. The summed E-state index contributed by atoms with van der Waals surface area (Å²) in [6, 6.07) is 18.0. The molecule has 45 heavy (non-hydrogen) atoms. The Bertz CT molecular complexity index is 1430. The molecule has 0 aromatic heterocycles. The maximum Gasteiger partial charge on any atom is 0.294 e. The van der Waals surface area contributed by atoms with E-state index in [0.717, 1.165) is 28.5 Å². The molecule has 3 aromatic carbocycles. The number of rotatable bonds is 4. The van der Waals surface area contributed by atoms with E-state index in [1.165, 1.54) is 74.9 Å². The topological polar surface area (TPSA) is 163 Å². The minimum atomic E-state index is -4.02. The van der Waals surface area contributed by atoms with E-state index >= 15 is 0 Å². The lowest BCUT2D eigenvalue weighted by Gasteiger charge is -2.32. The third-order valence-electron chi connectivity index (χ3n) is 7.92. The second-order valence-corrected chi connectivity index (χ2v) is 15.9. The van der Waals surface area contributed by atoms with Crippen molar-refractivity contribution in [2.75, 3.05) is 0 Å². The summed E-state index contributed by atoms with van der Waals surface area (Å²) < 4.78 is 88.7. The highest BCUT2D eigenvalue weighted by atomic mass is 32.2. The largest absolute Gasteiger partial charge is 0.294 e. The Morgan fingerprint density at radius 1 is 0.400 bits per heavy atom. The minimum Gasteiger partial charge on any atom is -0.282 e. The minimum absolute atomic E-state index is 0.0666. The summed E-state index contributed by atoms with van der Waals surface area (Å²) in [5.74, 6) is 2.28. The molecule has 250 valence electrons. The van der Waals surface area contributed by atoms with Crippen LogP contribution in [0.5, 0.6) is 0 Å². The molecule has 0 saturated heterocycles. The van der Waals surface area contributed by atoms with Crippen molar-refractivity contribution < 1.29 is 38.9 Å². The smallest absolute Gasteiger partial charge is 0.282 e. The van der Waals surface area contributed by atoms with Crippen LogP contribution in [0.3, 0.4) is 0 Å². The van der Waals surface area contributed by atoms with Crippen LogP contribution in [0.25, 0.3) is 0 Å². The maximum atomic E-state index is 10.5. The van der Waals surface area contributed by atoms with E-state index in [2.05, 4.69) is 0 Å². The Kier molecular flexibility index (Phi) is 15.4. The third kappa shape index (κ3) is 15.0. The Morgan fingerprint density at radius 3 is 0.778 bits per heavy atom. The summed E-state index contributed by atoms with van der Waals surface area (Å²) in [6.45, 7) is 5.52. The molecule has 3 N–H and O–H groups in total. The van der Waals surface area contributed by atoms with Crippen molar-refractivity contribution in [3.8, 4) is 0 Å². The zero-order valence-electron chi connectivity index (χ0n) is 26.2. The number of benzene rings is 3. The van der Waals surface area contributed by atoms with Crippen LogP contribution in [0.1, 0.15) is 80.9 Å². The van der Waals surface area contributed by atoms with Crippen molar-refractivity contribution in [2.45, 2.75) is 99.7 Å². The van der Waals surface area contributed by atoms with Gasteiger partial charge in [-0.1, -0.05) is 117 Å². The molecule has 0 aliphatic heterocycles.